The predicted octanol–water partition coefficient (Wildman–Crippen LogP) is 1.33. The lowest BCUT2D eigenvalue weighted by atomic mass is 9.96. The summed E-state index contributed by atoms with van der Waals surface area (Å²) in [5, 5.41) is 17.4. The van der Waals surface area contributed by atoms with Gasteiger partial charge in [-0.25, -0.2) is 0 Å². The normalized spacial score (nSPS) is 18.1. The van der Waals surface area contributed by atoms with Gasteiger partial charge >= 0.3 is 5.97 Å². The minimum absolute atomic E-state index is 0.0215. The van der Waals surface area contributed by atoms with E-state index < -0.39 is 5.97 Å². The summed E-state index contributed by atoms with van der Waals surface area (Å²) in [5.41, 5.74) is 0.154. The third kappa shape index (κ3) is 3.27. The largest absolute Gasteiger partial charge is 0.481 e. The molecule has 0 radical (unpaired) electrons. The molecule has 0 aromatic carbocycles. The van der Waals surface area contributed by atoms with E-state index in [2.05, 4.69) is 29.2 Å². The molecule has 0 saturated heterocycles. The summed E-state index contributed by atoms with van der Waals surface area (Å²) in [6, 6.07) is 0. The van der Waals surface area contributed by atoms with Gasteiger partial charge in [-0.2, -0.15) is 0 Å². The van der Waals surface area contributed by atoms with Crippen molar-refractivity contribution in [1.29, 1.82) is 0 Å². The van der Waals surface area contributed by atoms with Crippen molar-refractivity contribution in [2.45, 2.75) is 42.9 Å². The second-order valence-electron chi connectivity index (χ2n) is 5.25. The Bertz CT molecular complexity index is 441. The molecule has 106 valence electrons. The number of nitrogens with zero attached hydrogens (tertiary/aromatic N) is 4. The van der Waals surface area contributed by atoms with Crippen molar-refractivity contribution in [3.05, 3.63) is 6.33 Å². The van der Waals surface area contributed by atoms with Gasteiger partial charge in [-0.05, 0) is 26.9 Å². The summed E-state index contributed by atoms with van der Waals surface area (Å²) in [6.45, 7) is 0.828. The van der Waals surface area contributed by atoms with Crippen LogP contribution in [0.3, 0.4) is 0 Å². The maximum atomic E-state index is 10.6. The van der Waals surface area contributed by atoms with Crippen molar-refractivity contribution < 1.29 is 9.90 Å². The number of likely N-dealkylation sites (N-methyl/N-ethyl adjacent to an activating group) is 1. The Kier molecular flexibility index (Phi) is 4.46. The van der Waals surface area contributed by atoms with Crippen LogP contribution in [0.1, 0.15) is 25.7 Å². The summed E-state index contributed by atoms with van der Waals surface area (Å²) in [6.07, 6.45) is 6.53. The van der Waals surface area contributed by atoms with Crippen molar-refractivity contribution in [3.8, 4) is 0 Å². The molecule has 0 spiro atoms. The van der Waals surface area contributed by atoms with Gasteiger partial charge in [0, 0.05) is 12.1 Å². The molecule has 6 nitrogen and oxygen atoms in total. The molecule has 0 aliphatic heterocycles. The van der Waals surface area contributed by atoms with Gasteiger partial charge in [0.05, 0.1) is 5.75 Å². The van der Waals surface area contributed by atoms with Gasteiger partial charge in [0.1, 0.15) is 6.33 Å². The number of carboxylic acid groups (broad SMARTS) is 1. The van der Waals surface area contributed by atoms with E-state index in [0.717, 1.165) is 6.54 Å². The van der Waals surface area contributed by atoms with Crippen LogP contribution in [0, 0.1) is 0 Å². The highest BCUT2D eigenvalue weighted by molar-refractivity contribution is 7.99. The van der Waals surface area contributed by atoms with Crippen LogP contribution in [0.5, 0.6) is 0 Å². The van der Waals surface area contributed by atoms with E-state index >= 15 is 0 Å². The number of aromatic nitrogens is 3. The van der Waals surface area contributed by atoms with E-state index in [-0.39, 0.29) is 11.3 Å². The Morgan fingerprint density at radius 1 is 1.53 bits per heavy atom. The van der Waals surface area contributed by atoms with E-state index in [9.17, 15) is 4.79 Å². The lowest BCUT2D eigenvalue weighted by Gasteiger charge is -2.36. The number of aliphatic carboxylic acids is 1. The highest BCUT2D eigenvalue weighted by atomic mass is 32.2. The molecular formula is C12H20N4O2S. The number of carboxylic acids is 1. The fourth-order valence-electron chi connectivity index (χ4n) is 2.69. The summed E-state index contributed by atoms with van der Waals surface area (Å²) < 4.78 is 1.99. The topological polar surface area (TPSA) is 71.2 Å². The Balaban J connectivity index is 2.09. The van der Waals surface area contributed by atoms with Crippen molar-refractivity contribution in [3.63, 3.8) is 0 Å². The van der Waals surface area contributed by atoms with Gasteiger partial charge in [-0.15, -0.1) is 10.2 Å². The first-order valence-electron chi connectivity index (χ1n) is 6.43. The fraction of sp³-hybridized carbons (Fsp3) is 0.750. The van der Waals surface area contributed by atoms with Crippen molar-refractivity contribution in [2.75, 3.05) is 19.8 Å². The lowest BCUT2D eigenvalue weighted by Crippen LogP contribution is -2.45. The first-order valence-corrected chi connectivity index (χ1v) is 7.42. The van der Waals surface area contributed by atoms with E-state index in [4.69, 9.17) is 5.11 Å². The SMILES string of the molecule is CN(C)C1(Cn2cnnc2SCC(=O)O)CCCC1. The van der Waals surface area contributed by atoms with Crippen molar-refractivity contribution in [2.24, 2.45) is 0 Å². The highest BCUT2D eigenvalue weighted by Gasteiger charge is 2.36. The number of thioether (sulfide) groups is 1. The Morgan fingerprint density at radius 2 is 2.21 bits per heavy atom. The van der Waals surface area contributed by atoms with Crippen molar-refractivity contribution in [1.82, 2.24) is 19.7 Å². The van der Waals surface area contributed by atoms with Gasteiger partial charge in [-0.1, -0.05) is 24.6 Å². The van der Waals surface area contributed by atoms with E-state index in [0.29, 0.717) is 5.16 Å². The minimum Gasteiger partial charge on any atom is -0.481 e. The molecule has 2 rings (SSSR count). The molecule has 1 aliphatic carbocycles. The number of hydrogen-bond donors (Lipinski definition) is 1. The maximum absolute atomic E-state index is 10.6. The third-order valence-corrected chi connectivity index (χ3v) is 4.82. The zero-order chi connectivity index (χ0) is 13.9. The van der Waals surface area contributed by atoms with Crippen LogP contribution in [-0.4, -0.2) is 56.1 Å². The second-order valence-corrected chi connectivity index (χ2v) is 6.19. The Hall–Kier alpha value is -1.08. The van der Waals surface area contributed by atoms with E-state index in [1.165, 1.54) is 37.4 Å². The van der Waals surface area contributed by atoms with Crippen LogP contribution in [-0.2, 0) is 11.3 Å². The molecule has 1 aromatic rings. The van der Waals surface area contributed by atoms with Gasteiger partial charge < -0.3 is 14.6 Å². The second kappa shape index (κ2) is 5.92. The molecule has 0 unspecified atom stereocenters. The molecular weight excluding hydrogens is 264 g/mol. The molecule has 0 atom stereocenters. The quantitative estimate of drug-likeness (QED) is 0.795. The lowest BCUT2D eigenvalue weighted by molar-refractivity contribution is -0.133. The summed E-state index contributed by atoms with van der Waals surface area (Å²) >= 11 is 1.23. The summed E-state index contributed by atoms with van der Waals surface area (Å²) in [5.74, 6) is -0.809. The predicted molar refractivity (Wildman–Crippen MR) is 73.3 cm³/mol. The van der Waals surface area contributed by atoms with Crippen LogP contribution in [0.4, 0.5) is 0 Å². The standard InChI is InChI=1S/C12H20N4O2S/c1-15(2)12(5-3-4-6-12)8-16-9-13-14-11(16)19-7-10(17)18/h9H,3-8H2,1-2H3,(H,17,18). The molecule has 0 amide bonds. The van der Waals surface area contributed by atoms with Crippen LogP contribution >= 0.6 is 11.8 Å². The Morgan fingerprint density at radius 3 is 2.79 bits per heavy atom. The van der Waals surface area contributed by atoms with Crippen LogP contribution < -0.4 is 0 Å². The molecule has 0 bridgehead atoms. The molecule has 7 heteroatoms. The molecule has 1 saturated carbocycles. The first kappa shape index (κ1) is 14.3. The van der Waals surface area contributed by atoms with Gasteiger partial charge in [0.15, 0.2) is 5.16 Å². The average Bonchev–Trinajstić information content (AvgIpc) is 2.97. The summed E-state index contributed by atoms with van der Waals surface area (Å²) in [7, 11) is 4.22. The monoisotopic (exact) mass is 284 g/mol. The number of rotatable bonds is 6. The summed E-state index contributed by atoms with van der Waals surface area (Å²) in [4.78, 5) is 12.9. The highest BCUT2D eigenvalue weighted by Crippen LogP contribution is 2.35. The van der Waals surface area contributed by atoms with Crippen LogP contribution in [0.25, 0.3) is 0 Å². The molecule has 1 fully saturated rings. The molecule has 1 aliphatic rings. The van der Waals surface area contributed by atoms with Gasteiger partial charge in [0.2, 0.25) is 0 Å². The van der Waals surface area contributed by atoms with Crippen LogP contribution in [0.15, 0.2) is 11.5 Å². The average molecular weight is 284 g/mol. The first-order chi connectivity index (χ1) is 9.03. The number of carbonyl (C=O) groups is 1. The van der Waals surface area contributed by atoms with Gasteiger partial charge in [-0.3, -0.25) is 4.79 Å². The smallest absolute Gasteiger partial charge is 0.313 e. The van der Waals surface area contributed by atoms with E-state index in [1.54, 1.807) is 6.33 Å². The van der Waals surface area contributed by atoms with Gasteiger partial charge in [0.25, 0.3) is 0 Å². The molecule has 19 heavy (non-hydrogen) atoms. The maximum Gasteiger partial charge on any atom is 0.313 e. The zero-order valence-electron chi connectivity index (χ0n) is 11.4. The zero-order valence-corrected chi connectivity index (χ0v) is 12.2. The third-order valence-electron chi connectivity index (χ3n) is 3.85. The minimum atomic E-state index is -0.831. The Labute approximate surface area is 117 Å². The molecule has 1 heterocycles. The van der Waals surface area contributed by atoms with E-state index in [1.807, 2.05) is 4.57 Å². The van der Waals surface area contributed by atoms with Crippen LogP contribution in [0.2, 0.25) is 0 Å². The fourth-order valence-corrected chi connectivity index (χ4v) is 3.32. The number of hydrogen-bond acceptors (Lipinski definition) is 5. The molecule has 1 aromatic heterocycles. The molecule has 1 N–H and O–H groups in total. The van der Waals surface area contributed by atoms with Crippen molar-refractivity contribution >= 4 is 17.7 Å².